The van der Waals surface area contributed by atoms with E-state index < -0.39 is 4.92 Å². The summed E-state index contributed by atoms with van der Waals surface area (Å²) < 4.78 is 0. The van der Waals surface area contributed by atoms with Crippen molar-refractivity contribution in [2.75, 3.05) is 6.54 Å². The Morgan fingerprint density at radius 1 is 1.45 bits per heavy atom. The van der Waals surface area contributed by atoms with Gasteiger partial charge in [-0.3, -0.25) is 10.1 Å². The van der Waals surface area contributed by atoms with Crippen molar-refractivity contribution >= 4 is 17.4 Å². The fourth-order valence-electron chi connectivity index (χ4n) is 2.02. The number of hydrogen-bond acceptors (Lipinski definition) is 4. The molecule has 0 aliphatic heterocycles. The number of urea groups is 1. The maximum absolute atomic E-state index is 11.7. The molecule has 0 unspecified atom stereocenters. The highest BCUT2D eigenvalue weighted by atomic mass is 16.6. The van der Waals surface area contributed by atoms with E-state index in [-0.39, 0.29) is 11.7 Å². The second-order valence-electron chi connectivity index (χ2n) is 5.38. The quantitative estimate of drug-likeness (QED) is 0.460. The van der Waals surface area contributed by atoms with Crippen LogP contribution in [0.2, 0.25) is 0 Å². The van der Waals surface area contributed by atoms with Gasteiger partial charge in [0.15, 0.2) is 0 Å². The molecule has 0 aromatic heterocycles. The summed E-state index contributed by atoms with van der Waals surface area (Å²) in [6.07, 6.45) is 3.79. The maximum atomic E-state index is 11.7. The summed E-state index contributed by atoms with van der Waals surface area (Å²) in [6.45, 7) is 2.65. The number of nitro benzene ring substituents is 1. The number of nitrogens with zero attached hydrogens (tertiary/aromatic N) is 2. The van der Waals surface area contributed by atoms with Crippen molar-refractivity contribution in [2.24, 2.45) is 11.0 Å². The molecule has 0 radical (unpaired) electrons. The average Bonchev–Trinajstić information content (AvgIpc) is 3.33. The molecule has 1 aromatic rings. The van der Waals surface area contributed by atoms with Gasteiger partial charge in [0.25, 0.3) is 5.69 Å². The van der Waals surface area contributed by atoms with Crippen molar-refractivity contribution in [1.82, 2.24) is 10.7 Å². The molecule has 0 heterocycles. The molecule has 1 aliphatic rings. The molecule has 1 aliphatic carbocycles. The third-order valence-corrected chi connectivity index (χ3v) is 3.42. The van der Waals surface area contributed by atoms with Gasteiger partial charge in [-0.25, -0.2) is 10.2 Å². The van der Waals surface area contributed by atoms with E-state index in [9.17, 15) is 14.9 Å². The summed E-state index contributed by atoms with van der Waals surface area (Å²) in [5.41, 5.74) is 3.76. The van der Waals surface area contributed by atoms with Crippen LogP contribution in [0.25, 0.3) is 0 Å². The fraction of sp³-hybridized carbons (Fsp3) is 0.467. The molecule has 118 valence electrons. The van der Waals surface area contributed by atoms with Crippen LogP contribution in [-0.2, 0) is 0 Å². The predicted octanol–water partition coefficient (Wildman–Crippen LogP) is 2.81. The van der Waals surface area contributed by atoms with Crippen molar-refractivity contribution in [3.05, 3.63) is 39.9 Å². The number of hydrazone groups is 1. The van der Waals surface area contributed by atoms with E-state index in [1.165, 1.54) is 12.1 Å². The first-order chi connectivity index (χ1) is 10.6. The van der Waals surface area contributed by atoms with Gasteiger partial charge in [0.1, 0.15) is 0 Å². The lowest BCUT2D eigenvalue weighted by molar-refractivity contribution is -0.384. The van der Waals surface area contributed by atoms with Crippen LogP contribution in [0.1, 0.15) is 38.2 Å². The van der Waals surface area contributed by atoms with Crippen LogP contribution in [0.4, 0.5) is 10.5 Å². The fourth-order valence-corrected chi connectivity index (χ4v) is 2.02. The SMILES string of the molecule is CCC/C(=N\NC(=O)NCC1CC1)c1cccc([N+](=O)[O-])c1. The Kier molecular flexibility index (Phi) is 5.46. The van der Waals surface area contributed by atoms with Crippen molar-refractivity contribution in [3.8, 4) is 0 Å². The third-order valence-electron chi connectivity index (χ3n) is 3.42. The lowest BCUT2D eigenvalue weighted by Crippen LogP contribution is -2.34. The minimum atomic E-state index is -0.442. The summed E-state index contributed by atoms with van der Waals surface area (Å²) in [5, 5.41) is 17.7. The Morgan fingerprint density at radius 2 is 2.23 bits per heavy atom. The number of nitrogens with one attached hydrogen (secondary N) is 2. The minimum Gasteiger partial charge on any atom is -0.336 e. The van der Waals surface area contributed by atoms with Gasteiger partial charge in [-0.1, -0.05) is 25.5 Å². The molecular formula is C15H20N4O3. The molecule has 0 bridgehead atoms. The highest BCUT2D eigenvalue weighted by Gasteiger charge is 2.21. The van der Waals surface area contributed by atoms with Crippen molar-refractivity contribution in [1.29, 1.82) is 0 Å². The second kappa shape index (κ2) is 7.53. The summed E-state index contributed by atoms with van der Waals surface area (Å²) in [4.78, 5) is 22.1. The number of non-ortho nitro benzene ring substituents is 1. The second-order valence-corrected chi connectivity index (χ2v) is 5.38. The van der Waals surface area contributed by atoms with E-state index in [0.717, 1.165) is 19.3 Å². The number of hydrogen-bond donors (Lipinski definition) is 2. The standard InChI is InChI=1S/C15H20N4O3/c1-2-4-14(12-5-3-6-13(9-12)19(21)22)17-18-15(20)16-10-11-7-8-11/h3,5-6,9,11H,2,4,7-8,10H2,1H3,(H2,16,18,20)/b17-14+. The molecule has 2 rings (SSSR count). The van der Waals surface area contributed by atoms with Gasteiger partial charge < -0.3 is 5.32 Å². The van der Waals surface area contributed by atoms with Gasteiger partial charge in [-0.2, -0.15) is 5.10 Å². The van der Waals surface area contributed by atoms with Gasteiger partial charge in [0, 0.05) is 24.2 Å². The van der Waals surface area contributed by atoms with Crippen LogP contribution in [0.15, 0.2) is 29.4 Å². The zero-order valence-electron chi connectivity index (χ0n) is 12.5. The van der Waals surface area contributed by atoms with Crippen molar-refractivity contribution < 1.29 is 9.72 Å². The predicted molar refractivity (Wildman–Crippen MR) is 83.8 cm³/mol. The minimum absolute atomic E-state index is 0.0134. The molecule has 2 amide bonds. The molecule has 22 heavy (non-hydrogen) atoms. The molecule has 1 aromatic carbocycles. The summed E-state index contributed by atoms with van der Waals surface area (Å²) >= 11 is 0. The summed E-state index contributed by atoms with van der Waals surface area (Å²) in [7, 11) is 0. The highest BCUT2D eigenvalue weighted by molar-refractivity contribution is 6.01. The third kappa shape index (κ3) is 4.83. The molecule has 0 saturated heterocycles. The molecule has 7 heteroatoms. The van der Waals surface area contributed by atoms with Crippen LogP contribution >= 0.6 is 0 Å². The van der Waals surface area contributed by atoms with E-state index in [1.807, 2.05) is 6.92 Å². The van der Waals surface area contributed by atoms with Crippen LogP contribution < -0.4 is 10.7 Å². The Balaban J connectivity index is 2.03. The van der Waals surface area contributed by atoms with Crippen LogP contribution in [0.5, 0.6) is 0 Å². The molecule has 2 N–H and O–H groups in total. The zero-order valence-corrected chi connectivity index (χ0v) is 12.5. The van der Waals surface area contributed by atoms with Gasteiger partial charge in [-0.05, 0) is 25.2 Å². The van der Waals surface area contributed by atoms with Crippen LogP contribution in [0, 0.1) is 16.0 Å². The maximum Gasteiger partial charge on any atom is 0.335 e. The molecule has 1 fully saturated rings. The molecular weight excluding hydrogens is 284 g/mol. The van der Waals surface area contributed by atoms with Gasteiger partial charge in [0.05, 0.1) is 10.6 Å². The van der Waals surface area contributed by atoms with E-state index in [2.05, 4.69) is 15.8 Å². The number of carbonyl (C=O) groups excluding carboxylic acids is 1. The number of carbonyl (C=O) groups is 1. The molecule has 1 saturated carbocycles. The smallest absolute Gasteiger partial charge is 0.335 e. The number of amides is 2. The first-order valence-electron chi connectivity index (χ1n) is 7.45. The van der Waals surface area contributed by atoms with Crippen molar-refractivity contribution in [3.63, 3.8) is 0 Å². The topological polar surface area (TPSA) is 96.6 Å². The summed E-state index contributed by atoms with van der Waals surface area (Å²) in [6, 6.07) is 5.93. The normalized spacial score (nSPS) is 14.5. The molecule has 7 nitrogen and oxygen atoms in total. The first kappa shape index (κ1) is 15.9. The monoisotopic (exact) mass is 304 g/mol. The van der Waals surface area contributed by atoms with Gasteiger partial charge >= 0.3 is 6.03 Å². The highest BCUT2D eigenvalue weighted by Crippen LogP contribution is 2.27. The Hall–Kier alpha value is -2.44. The van der Waals surface area contributed by atoms with Gasteiger partial charge in [0.2, 0.25) is 0 Å². The number of benzene rings is 1. The number of nitro groups is 1. The van der Waals surface area contributed by atoms with E-state index in [1.54, 1.807) is 12.1 Å². The van der Waals surface area contributed by atoms with E-state index in [0.29, 0.717) is 30.2 Å². The van der Waals surface area contributed by atoms with Crippen molar-refractivity contribution in [2.45, 2.75) is 32.6 Å². The van der Waals surface area contributed by atoms with E-state index >= 15 is 0 Å². The van der Waals surface area contributed by atoms with Gasteiger partial charge in [-0.15, -0.1) is 0 Å². The number of rotatable bonds is 7. The van der Waals surface area contributed by atoms with Crippen LogP contribution in [0.3, 0.4) is 0 Å². The first-order valence-corrected chi connectivity index (χ1v) is 7.45. The zero-order chi connectivity index (χ0) is 15.9. The Morgan fingerprint density at radius 3 is 2.86 bits per heavy atom. The lowest BCUT2D eigenvalue weighted by atomic mass is 10.1. The average molecular weight is 304 g/mol. The Labute approximate surface area is 128 Å². The molecule has 0 atom stereocenters. The van der Waals surface area contributed by atoms with Crippen LogP contribution in [-0.4, -0.2) is 23.2 Å². The Bertz CT molecular complexity index is 582. The molecule has 0 spiro atoms. The lowest BCUT2D eigenvalue weighted by Gasteiger charge is -2.07. The summed E-state index contributed by atoms with van der Waals surface area (Å²) in [5.74, 6) is 0.599. The largest absolute Gasteiger partial charge is 0.336 e. The van der Waals surface area contributed by atoms with E-state index in [4.69, 9.17) is 0 Å².